The highest BCUT2D eigenvalue weighted by molar-refractivity contribution is 5.85. The smallest absolute Gasteiger partial charge is 0.481 e. The van der Waals surface area contributed by atoms with E-state index in [1.165, 1.54) is 0 Å². The maximum atomic E-state index is 14.1. The average Bonchev–Trinajstić information content (AvgIpc) is 3.73. The van der Waals surface area contributed by atoms with Crippen molar-refractivity contribution in [1.29, 1.82) is 0 Å². The summed E-state index contributed by atoms with van der Waals surface area (Å²) in [5.74, 6) is -10.1. The van der Waals surface area contributed by atoms with Crippen molar-refractivity contribution in [2.75, 3.05) is 26.7 Å². The highest BCUT2D eigenvalue weighted by Gasteiger charge is 2.56. The summed E-state index contributed by atoms with van der Waals surface area (Å²) in [6.45, 7) is 3.62. The molecule has 340 valence electrons. The largest absolute Gasteiger partial charge is 0.490 e. The summed E-state index contributed by atoms with van der Waals surface area (Å²) >= 11 is 0. The second-order valence-corrected chi connectivity index (χ2v) is 12.3. The molecular weight excluding hydrogens is 868 g/mol. The third-order valence-corrected chi connectivity index (χ3v) is 8.12. The van der Waals surface area contributed by atoms with Crippen LogP contribution >= 0.6 is 0 Å². The molecule has 0 radical (unpaired) electrons. The molecule has 0 saturated carbocycles. The number of aromatic nitrogens is 4. The standard InChI is InChI=1S/C25H30N6O2.4C2HF3O2/c1-29-22(8-13-28-29)21-17-30(16-20-5-3-10-27-23(20)33-2)18-25(21)9-4-14-31(24(25)32)15-19-6-11-26-12-7-19;4*3-2(4,5)1(6)7/h3,5-8,10-13,21H,4,9,14-18H2,1-2H3;4*(H,6,7)/t21-,25+;;;;/m0..../s1. The SMILES string of the molecule is COc1ncccc1CN1C[C@@H](c2ccnn2C)[C@@]2(CCCN(Cc3ccncc3)C2=O)C1.O=C(O)C(F)(F)F.O=C(O)C(F)(F)F.O=C(O)C(F)(F)F.O=C(O)C(F)(F)F. The fourth-order valence-corrected chi connectivity index (χ4v) is 5.64. The van der Waals surface area contributed by atoms with Gasteiger partial charge in [-0.2, -0.15) is 57.8 Å². The molecule has 0 aromatic carbocycles. The van der Waals surface area contributed by atoms with E-state index in [0.29, 0.717) is 25.5 Å². The first-order chi connectivity index (χ1) is 27.9. The lowest BCUT2D eigenvalue weighted by atomic mass is 9.70. The van der Waals surface area contributed by atoms with Crippen molar-refractivity contribution in [2.45, 2.75) is 56.6 Å². The highest BCUT2D eigenvalue weighted by Crippen LogP contribution is 2.50. The Morgan fingerprint density at radius 1 is 0.754 bits per heavy atom. The molecule has 1 spiro atoms. The topological polar surface area (TPSA) is 226 Å². The summed E-state index contributed by atoms with van der Waals surface area (Å²) in [4.78, 5) is 62.6. The van der Waals surface area contributed by atoms with Gasteiger partial charge in [-0.3, -0.25) is 19.4 Å². The van der Waals surface area contributed by atoms with Crippen LogP contribution in [0.25, 0.3) is 0 Å². The van der Waals surface area contributed by atoms with Crippen molar-refractivity contribution >= 4 is 29.8 Å². The number of hydrogen-bond donors (Lipinski definition) is 4. The average molecular weight is 903 g/mol. The molecule has 4 N–H and O–H groups in total. The van der Waals surface area contributed by atoms with Crippen LogP contribution in [0.15, 0.2) is 55.1 Å². The van der Waals surface area contributed by atoms with E-state index < -0.39 is 54.0 Å². The van der Waals surface area contributed by atoms with Gasteiger partial charge in [-0.15, -0.1) is 0 Å². The molecular formula is C33H34F12N6O10. The van der Waals surface area contributed by atoms with Crippen molar-refractivity contribution in [3.05, 3.63) is 71.9 Å². The van der Waals surface area contributed by atoms with Gasteiger partial charge in [-0.25, -0.2) is 24.2 Å². The number of carbonyl (C=O) groups excluding carboxylic acids is 1. The van der Waals surface area contributed by atoms with Crippen LogP contribution in [0, 0.1) is 5.41 Å². The zero-order valence-electron chi connectivity index (χ0n) is 31.2. The Labute approximate surface area is 335 Å². The van der Waals surface area contributed by atoms with E-state index in [0.717, 1.165) is 42.8 Å². The molecule has 3 aromatic heterocycles. The number of aryl methyl sites for hydroxylation is 1. The normalized spacial score (nSPS) is 17.8. The number of methoxy groups -OCH3 is 1. The molecule has 2 saturated heterocycles. The predicted molar refractivity (Wildman–Crippen MR) is 178 cm³/mol. The number of nitrogens with zero attached hydrogens (tertiary/aromatic N) is 6. The number of carboxylic acid groups (broad SMARTS) is 4. The predicted octanol–water partition coefficient (Wildman–Crippen LogP) is 5.16. The summed E-state index contributed by atoms with van der Waals surface area (Å²) in [6, 6.07) is 10.0. The summed E-state index contributed by atoms with van der Waals surface area (Å²) in [7, 11) is 3.62. The first-order valence-corrected chi connectivity index (χ1v) is 16.4. The number of ether oxygens (including phenoxy) is 1. The number of rotatable bonds is 6. The van der Waals surface area contributed by atoms with E-state index in [-0.39, 0.29) is 11.8 Å². The van der Waals surface area contributed by atoms with Gasteiger partial charge >= 0.3 is 48.6 Å². The first kappa shape index (κ1) is 52.8. The molecule has 3 aromatic rings. The first-order valence-electron chi connectivity index (χ1n) is 16.4. The molecule has 28 heteroatoms. The number of carbonyl (C=O) groups is 5. The Morgan fingerprint density at radius 3 is 1.64 bits per heavy atom. The Bertz CT molecular complexity index is 1830. The minimum Gasteiger partial charge on any atom is -0.481 e. The molecule has 0 aliphatic carbocycles. The van der Waals surface area contributed by atoms with Gasteiger partial charge in [0.25, 0.3) is 0 Å². The molecule has 16 nitrogen and oxygen atoms in total. The van der Waals surface area contributed by atoms with Crippen LogP contribution in [0.1, 0.15) is 35.6 Å². The lowest BCUT2D eigenvalue weighted by Gasteiger charge is -2.42. The van der Waals surface area contributed by atoms with Gasteiger partial charge in [0.1, 0.15) is 0 Å². The van der Waals surface area contributed by atoms with Gasteiger partial charge in [0.15, 0.2) is 0 Å². The van der Waals surface area contributed by atoms with Crippen LogP contribution in [-0.4, -0.2) is 131 Å². The molecule has 5 rings (SSSR count). The van der Waals surface area contributed by atoms with Crippen LogP contribution in [0.3, 0.4) is 0 Å². The quantitative estimate of drug-likeness (QED) is 0.235. The van der Waals surface area contributed by atoms with E-state index in [1.54, 1.807) is 25.7 Å². The van der Waals surface area contributed by atoms with E-state index in [1.807, 2.05) is 47.1 Å². The number of halogens is 12. The van der Waals surface area contributed by atoms with E-state index in [2.05, 4.69) is 26.0 Å². The maximum absolute atomic E-state index is 14.1. The molecule has 0 bridgehead atoms. The number of aliphatic carboxylic acids is 4. The third-order valence-electron chi connectivity index (χ3n) is 8.12. The number of carboxylic acids is 4. The van der Waals surface area contributed by atoms with Gasteiger partial charge in [0.2, 0.25) is 11.8 Å². The van der Waals surface area contributed by atoms with Gasteiger partial charge in [0, 0.05) is 81.7 Å². The zero-order chi connectivity index (χ0) is 47.1. The second-order valence-electron chi connectivity index (χ2n) is 12.3. The molecule has 5 heterocycles. The number of amides is 1. The van der Waals surface area contributed by atoms with Gasteiger partial charge in [0.05, 0.1) is 12.5 Å². The van der Waals surface area contributed by atoms with E-state index >= 15 is 0 Å². The van der Waals surface area contributed by atoms with E-state index in [9.17, 15) is 57.5 Å². The van der Waals surface area contributed by atoms with Crippen LogP contribution < -0.4 is 4.74 Å². The molecule has 1 amide bonds. The minimum absolute atomic E-state index is 0.0837. The van der Waals surface area contributed by atoms with Gasteiger partial charge in [-0.1, -0.05) is 6.07 Å². The number of likely N-dealkylation sites (tertiary alicyclic amines) is 2. The molecule has 2 aliphatic heterocycles. The Hall–Kier alpha value is -6.22. The minimum atomic E-state index is -5.08. The van der Waals surface area contributed by atoms with Crippen molar-refractivity contribution in [3.63, 3.8) is 0 Å². The van der Waals surface area contributed by atoms with E-state index in [4.69, 9.17) is 44.3 Å². The van der Waals surface area contributed by atoms with Crippen LogP contribution in [0.4, 0.5) is 52.7 Å². The molecule has 2 aliphatic rings. The second kappa shape index (κ2) is 21.9. The summed E-state index contributed by atoms with van der Waals surface area (Å²) in [5.41, 5.74) is 2.81. The van der Waals surface area contributed by atoms with Crippen molar-refractivity contribution in [2.24, 2.45) is 12.5 Å². The number of pyridine rings is 2. The lowest BCUT2D eigenvalue weighted by Crippen LogP contribution is -2.52. The van der Waals surface area contributed by atoms with Crippen LogP contribution in [-0.2, 0) is 44.1 Å². The lowest BCUT2D eigenvalue weighted by molar-refractivity contribution is -0.193. The van der Waals surface area contributed by atoms with Gasteiger partial charge in [-0.05, 0) is 42.7 Å². The number of piperidine rings is 1. The number of alkyl halides is 12. The fourth-order valence-electron chi connectivity index (χ4n) is 5.64. The van der Waals surface area contributed by atoms with Crippen LogP contribution in [0.2, 0.25) is 0 Å². The van der Waals surface area contributed by atoms with Crippen LogP contribution in [0.5, 0.6) is 5.88 Å². The summed E-state index contributed by atoms with van der Waals surface area (Å²) in [6.07, 6.45) is -11.3. The Balaban J connectivity index is 0.000000539. The molecule has 2 fully saturated rings. The highest BCUT2D eigenvalue weighted by atomic mass is 19.4. The maximum Gasteiger partial charge on any atom is 0.490 e. The summed E-state index contributed by atoms with van der Waals surface area (Å²) in [5, 5.41) is 32.9. The molecule has 61 heavy (non-hydrogen) atoms. The van der Waals surface area contributed by atoms with Gasteiger partial charge < -0.3 is 30.1 Å². The Kier molecular flexibility index (Phi) is 18.9. The third kappa shape index (κ3) is 16.8. The summed E-state index contributed by atoms with van der Waals surface area (Å²) < 4.78 is 134. The fraction of sp³-hybridized carbons (Fsp3) is 0.455. The Morgan fingerprint density at radius 2 is 1.23 bits per heavy atom. The number of hydrogen-bond acceptors (Lipinski definition) is 10. The molecule has 2 atom stereocenters. The molecule has 0 unspecified atom stereocenters. The van der Waals surface area contributed by atoms with Crippen molar-refractivity contribution in [3.8, 4) is 5.88 Å². The monoisotopic (exact) mass is 902 g/mol. The zero-order valence-corrected chi connectivity index (χ0v) is 31.2. The van der Waals surface area contributed by atoms with Crippen molar-refractivity contribution < 1.29 is 102 Å². The van der Waals surface area contributed by atoms with Crippen molar-refractivity contribution in [1.82, 2.24) is 29.5 Å².